The van der Waals surface area contributed by atoms with Gasteiger partial charge in [-0.05, 0) is 35.1 Å². The molecule has 194 valence electrons. The Morgan fingerprint density at radius 1 is 0.889 bits per heavy atom. The Bertz CT molecular complexity index is 985. The van der Waals surface area contributed by atoms with Crippen LogP contribution in [0.1, 0.15) is 29.9 Å². The number of esters is 1. The zero-order valence-corrected chi connectivity index (χ0v) is 20.1. The number of nitrogens with two attached hydrogens (primary N) is 1. The first-order valence-corrected chi connectivity index (χ1v) is 12.0. The summed E-state index contributed by atoms with van der Waals surface area (Å²) in [5.74, 6) is -1.50. The molecule has 2 amide bonds. The van der Waals surface area contributed by atoms with Crippen LogP contribution < -0.4 is 16.4 Å². The molecule has 5 N–H and O–H groups in total. The molecular weight excluding hydrogens is 466 g/mol. The number of carbonyl (C=O) groups is 3. The maximum absolute atomic E-state index is 12.5. The van der Waals surface area contributed by atoms with Crippen LogP contribution in [0.3, 0.4) is 0 Å². The van der Waals surface area contributed by atoms with E-state index in [1.165, 1.54) is 11.1 Å². The number of rotatable bonds is 15. The molecule has 0 fully saturated rings. The van der Waals surface area contributed by atoms with Crippen LogP contribution in [0.15, 0.2) is 48.5 Å². The van der Waals surface area contributed by atoms with Gasteiger partial charge < -0.3 is 35.7 Å². The second-order valence-electron chi connectivity index (χ2n) is 8.35. The molecule has 0 bridgehead atoms. The number of carbonyl (C=O) groups excluding carboxylic acids is 2. The molecule has 10 nitrogen and oxygen atoms in total. The Balaban J connectivity index is 1.27. The van der Waals surface area contributed by atoms with Gasteiger partial charge in [0.1, 0.15) is 19.3 Å². The zero-order chi connectivity index (χ0) is 25.8. The van der Waals surface area contributed by atoms with Gasteiger partial charge in [0.05, 0.1) is 19.8 Å². The highest BCUT2D eigenvalue weighted by Crippen LogP contribution is 2.44. The van der Waals surface area contributed by atoms with Gasteiger partial charge in [0.15, 0.2) is 0 Å². The third kappa shape index (κ3) is 8.04. The Hall–Kier alpha value is -3.47. The van der Waals surface area contributed by atoms with Crippen molar-refractivity contribution in [2.24, 2.45) is 5.73 Å². The first-order chi connectivity index (χ1) is 17.5. The molecule has 0 radical (unpaired) electrons. The number of carboxylic acids is 1. The number of nitrogens with one attached hydrogen (secondary N) is 2. The van der Waals surface area contributed by atoms with Gasteiger partial charge in [-0.3, -0.25) is 4.79 Å². The molecule has 2 aromatic rings. The van der Waals surface area contributed by atoms with E-state index in [2.05, 4.69) is 34.9 Å². The monoisotopic (exact) mass is 499 g/mol. The van der Waals surface area contributed by atoms with Crippen molar-refractivity contribution in [1.82, 2.24) is 10.6 Å². The van der Waals surface area contributed by atoms with E-state index >= 15 is 0 Å². The quantitative estimate of drug-likeness (QED) is 0.214. The number of benzene rings is 2. The standard InChI is InChI=1S/C26H33N3O7/c27-23(10-5-11-28-26(33)29-12-13-34-14-15-35-17-24(30)31)25(32)36-16-22-20-8-3-1-6-18(20)19-7-2-4-9-21(19)22/h1-4,6-9,22-23H,5,10-17,27H2,(H,30,31)(H2,28,29,33). The zero-order valence-electron chi connectivity index (χ0n) is 20.1. The molecule has 0 saturated heterocycles. The Kier molecular flexibility index (Phi) is 10.7. The molecule has 0 aliphatic heterocycles. The van der Waals surface area contributed by atoms with E-state index in [0.29, 0.717) is 25.9 Å². The largest absolute Gasteiger partial charge is 0.480 e. The number of aliphatic carboxylic acids is 1. The van der Waals surface area contributed by atoms with Gasteiger partial charge in [-0.2, -0.15) is 0 Å². The van der Waals surface area contributed by atoms with E-state index in [0.717, 1.165) is 11.1 Å². The van der Waals surface area contributed by atoms with Gasteiger partial charge in [0.2, 0.25) is 0 Å². The molecular formula is C26H33N3O7. The number of ether oxygens (including phenoxy) is 3. The van der Waals surface area contributed by atoms with Crippen molar-refractivity contribution in [2.75, 3.05) is 46.1 Å². The minimum atomic E-state index is -1.03. The lowest BCUT2D eigenvalue weighted by atomic mass is 9.98. The summed E-state index contributed by atoms with van der Waals surface area (Å²) < 4.78 is 15.6. The van der Waals surface area contributed by atoms with Gasteiger partial charge in [-0.15, -0.1) is 0 Å². The molecule has 3 rings (SSSR count). The maximum Gasteiger partial charge on any atom is 0.329 e. The van der Waals surface area contributed by atoms with Crippen LogP contribution >= 0.6 is 0 Å². The van der Waals surface area contributed by atoms with E-state index in [-0.39, 0.29) is 45.0 Å². The smallest absolute Gasteiger partial charge is 0.329 e. The van der Waals surface area contributed by atoms with Crippen molar-refractivity contribution in [3.63, 3.8) is 0 Å². The van der Waals surface area contributed by atoms with Crippen LogP contribution in [0.25, 0.3) is 11.1 Å². The molecule has 10 heteroatoms. The fourth-order valence-electron chi connectivity index (χ4n) is 4.03. The van der Waals surface area contributed by atoms with Crippen LogP contribution in [0, 0.1) is 0 Å². The number of hydrogen-bond donors (Lipinski definition) is 4. The SMILES string of the molecule is NC(CCCNC(=O)NCCOCCOCC(=O)O)C(=O)OCC1c2ccccc2-c2ccccc21. The van der Waals surface area contributed by atoms with Crippen LogP contribution in [0.2, 0.25) is 0 Å². The summed E-state index contributed by atoms with van der Waals surface area (Å²) in [5.41, 5.74) is 10.6. The maximum atomic E-state index is 12.5. The van der Waals surface area contributed by atoms with E-state index in [1.54, 1.807) is 0 Å². The first-order valence-electron chi connectivity index (χ1n) is 12.0. The lowest BCUT2D eigenvalue weighted by Crippen LogP contribution is -2.39. The van der Waals surface area contributed by atoms with Crippen molar-refractivity contribution < 1.29 is 33.7 Å². The number of hydrogen-bond acceptors (Lipinski definition) is 7. The first kappa shape index (κ1) is 27.1. The van der Waals surface area contributed by atoms with Gasteiger partial charge in [0, 0.05) is 19.0 Å². The van der Waals surface area contributed by atoms with E-state index in [1.807, 2.05) is 24.3 Å². The number of amides is 2. The lowest BCUT2D eigenvalue weighted by molar-refractivity contribution is -0.145. The summed E-state index contributed by atoms with van der Waals surface area (Å²) in [6.45, 7) is 1.21. The summed E-state index contributed by atoms with van der Waals surface area (Å²) in [4.78, 5) is 34.5. The highest BCUT2D eigenvalue weighted by atomic mass is 16.5. The van der Waals surface area contributed by atoms with Gasteiger partial charge in [0.25, 0.3) is 0 Å². The summed E-state index contributed by atoms with van der Waals surface area (Å²) in [6, 6.07) is 15.2. The van der Waals surface area contributed by atoms with Crippen molar-refractivity contribution in [2.45, 2.75) is 24.8 Å². The molecule has 0 spiro atoms. The topological polar surface area (TPSA) is 149 Å². The van der Waals surface area contributed by atoms with Crippen LogP contribution in [0.5, 0.6) is 0 Å². The molecule has 1 aliphatic carbocycles. The van der Waals surface area contributed by atoms with Gasteiger partial charge in [-0.1, -0.05) is 48.5 Å². The predicted molar refractivity (Wildman–Crippen MR) is 133 cm³/mol. The molecule has 1 aliphatic rings. The number of fused-ring (bicyclic) bond motifs is 3. The minimum Gasteiger partial charge on any atom is -0.480 e. The van der Waals surface area contributed by atoms with Crippen molar-refractivity contribution >= 4 is 18.0 Å². The normalized spacial score (nSPS) is 12.9. The predicted octanol–water partition coefficient (Wildman–Crippen LogP) is 1.87. The van der Waals surface area contributed by atoms with E-state index in [4.69, 9.17) is 25.1 Å². The molecule has 0 heterocycles. The van der Waals surface area contributed by atoms with Crippen molar-refractivity contribution in [3.05, 3.63) is 59.7 Å². The third-order valence-electron chi connectivity index (χ3n) is 5.76. The number of urea groups is 1. The number of carboxylic acid groups (broad SMARTS) is 1. The van der Waals surface area contributed by atoms with Gasteiger partial charge >= 0.3 is 18.0 Å². The molecule has 1 unspecified atom stereocenters. The van der Waals surface area contributed by atoms with E-state index < -0.39 is 18.0 Å². The Morgan fingerprint density at radius 3 is 2.17 bits per heavy atom. The third-order valence-corrected chi connectivity index (χ3v) is 5.76. The average Bonchev–Trinajstić information content (AvgIpc) is 3.20. The fraction of sp³-hybridized carbons (Fsp3) is 0.423. The highest BCUT2D eigenvalue weighted by molar-refractivity contribution is 5.79. The molecule has 36 heavy (non-hydrogen) atoms. The van der Waals surface area contributed by atoms with Crippen LogP contribution in [0.4, 0.5) is 4.79 Å². The summed E-state index contributed by atoms with van der Waals surface area (Å²) in [7, 11) is 0. The summed E-state index contributed by atoms with van der Waals surface area (Å²) >= 11 is 0. The van der Waals surface area contributed by atoms with Crippen molar-refractivity contribution in [1.29, 1.82) is 0 Å². The average molecular weight is 500 g/mol. The molecule has 0 aromatic heterocycles. The van der Waals surface area contributed by atoms with E-state index in [9.17, 15) is 14.4 Å². The Morgan fingerprint density at radius 2 is 1.50 bits per heavy atom. The minimum absolute atomic E-state index is 0.0137. The molecule has 1 atom stereocenters. The fourth-order valence-corrected chi connectivity index (χ4v) is 4.03. The lowest BCUT2D eigenvalue weighted by Gasteiger charge is -2.16. The van der Waals surface area contributed by atoms with Crippen LogP contribution in [-0.4, -0.2) is 75.2 Å². The highest BCUT2D eigenvalue weighted by Gasteiger charge is 2.29. The molecule has 0 saturated carbocycles. The Labute approximate surface area is 210 Å². The summed E-state index contributed by atoms with van der Waals surface area (Å²) in [6.07, 6.45) is 0.909. The second-order valence-corrected chi connectivity index (χ2v) is 8.35. The molecule has 2 aromatic carbocycles. The summed E-state index contributed by atoms with van der Waals surface area (Å²) in [5, 5.41) is 13.8. The van der Waals surface area contributed by atoms with Crippen LogP contribution in [-0.2, 0) is 23.8 Å². The second kappa shape index (κ2) is 14.2. The van der Waals surface area contributed by atoms with Crippen molar-refractivity contribution in [3.8, 4) is 11.1 Å². The van der Waals surface area contributed by atoms with Gasteiger partial charge in [-0.25, -0.2) is 9.59 Å².